The summed E-state index contributed by atoms with van der Waals surface area (Å²) in [7, 11) is 0. The molecular formula is C19H25ClF3N. The van der Waals surface area contributed by atoms with Crippen molar-refractivity contribution >= 4 is 18.0 Å². The first-order valence-corrected chi connectivity index (χ1v) is 8.61. The summed E-state index contributed by atoms with van der Waals surface area (Å²) in [5.74, 6) is 0.892. The summed E-state index contributed by atoms with van der Waals surface area (Å²) in [4.78, 5) is 2.43. The van der Waals surface area contributed by atoms with Crippen LogP contribution in [-0.2, 0) is 6.18 Å². The van der Waals surface area contributed by atoms with Gasteiger partial charge in [0.05, 0.1) is 5.56 Å². The van der Waals surface area contributed by atoms with Gasteiger partial charge < -0.3 is 0 Å². The van der Waals surface area contributed by atoms with Gasteiger partial charge in [-0.05, 0) is 48.6 Å². The number of hydrogen-bond acceptors (Lipinski definition) is 1. The third-order valence-corrected chi connectivity index (χ3v) is 5.18. The van der Waals surface area contributed by atoms with Crippen LogP contribution in [0.25, 0.3) is 5.57 Å². The van der Waals surface area contributed by atoms with E-state index in [4.69, 9.17) is 0 Å². The number of hydrogen-bond donors (Lipinski definition) is 0. The number of alkyl halides is 3. The monoisotopic (exact) mass is 359 g/mol. The predicted octanol–water partition coefficient (Wildman–Crippen LogP) is 5.80. The Hall–Kier alpha value is -1.00. The lowest BCUT2D eigenvalue weighted by molar-refractivity contribution is -0.137. The van der Waals surface area contributed by atoms with Gasteiger partial charge in [-0.3, -0.25) is 4.90 Å². The minimum Gasteiger partial charge on any atom is -0.299 e. The first kappa shape index (κ1) is 19.3. The second-order valence-electron chi connectivity index (χ2n) is 6.80. The highest BCUT2D eigenvalue weighted by molar-refractivity contribution is 5.85. The van der Waals surface area contributed by atoms with Gasteiger partial charge in [-0.2, -0.15) is 13.2 Å². The van der Waals surface area contributed by atoms with Gasteiger partial charge >= 0.3 is 6.18 Å². The second kappa shape index (κ2) is 8.39. The first-order chi connectivity index (χ1) is 11.0. The van der Waals surface area contributed by atoms with Gasteiger partial charge in [-0.1, -0.05) is 43.9 Å². The van der Waals surface area contributed by atoms with Gasteiger partial charge in [-0.15, -0.1) is 12.4 Å². The van der Waals surface area contributed by atoms with E-state index < -0.39 is 11.7 Å². The summed E-state index contributed by atoms with van der Waals surface area (Å²) in [6.07, 6.45) is 5.46. The molecule has 5 heteroatoms. The summed E-state index contributed by atoms with van der Waals surface area (Å²) in [6.45, 7) is 2.93. The SMILES string of the molecule is Cl.FC(F)(F)c1cccc(C2=CCN(CCC3CCCC3)CC2)c1. The zero-order valence-electron chi connectivity index (χ0n) is 13.8. The maximum absolute atomic E-state index is 12.8. The Labute approximate surface area is 148 Å². The standard InChI is InChI=1S/C19H24F3N.ClH/c20-19(21,22)18-7-3-6-17(14-18)16-9-12-23(13-10-16)11-8-15-4-1-2-5-15;/h3,6-7,9,14-15H,1-2,4-5,8,10-13H2;1H. The molecule has 1 aliphatic heterocycles. The van der Waals surface area contributed by atoms with Crippen molar-refractivity contribution in [3.05, 3.63) is 41.5 Å². The molecule has 0 N–H and O–H groups in total. The fourth-order valence-corrected chi connectivity index (χ4v) is 3.74. The molecule has 0 unspecified atom stereocenters. The molecule has 2 aliphatic rings. The van der Waals surface area contributed by atoms with Crippen LogP contribution in [0, 0.1) is 5.92 Å². The molecule has 24 heavy (non-hydrogen) atoms. The largest absolute Gasteiger partial charge is 0.416 e. The van der Waals surface area contributed by atoms with Crippen molar-refractivity contribution in [2.45, 2.75) is 44.7 Å². The number of nitrogens with zero attached hydrogens (tertiary/aromatic N) is 1. The van der Waals surface area contributed by atoms with Crippen molar-refractivity contribution in [2.24, 2.45) is 5.92 Å². The Balaban J connectivity index is 0.00000208. The van der Waals surface area contributed by atoms with Crippen LogP contribution in [-0.4, -0.2) is 24.5 Å². The van der Waals surface area contributed by atoms with Crippen molar-refractivity contribution < 1.29 is 13.2 Å². The van der Waals surface area contributed by atoms with E-state index in [0.29, 0.717) is 0 Å². The lowest BCUT2D eigenvalue weighted by Gasteiger charge is -2.27. The third-order valence-electron chi connectivity index (χ3n) is 5.18. The molecule has 0 atom stereocenters. The van der Waals surface area contributed by atoms with Crippen LogP contribution in [0.5, 0.6) is 0 Å². The molecule has 1 saturated carbocycles. The van der Waals surface area contributed by atoms with E-state index in [0.717, 1.165) is 49.2 Å². The van der Waals surface area contributed by atoms with E-state index in [9.17, 15) is 13.2 Å². The molecule has 0 bridgehead atoms. The van der Waals surface area contributed by atoms with Crippen LogP contribution in [0.3, 0.4) is 0 Å². The zero-order chi connectivity index (χ0) is 16.3. The van der Waals surface area contributed by atoms with E-state index in [1.54, 1.807) is 6.07 Å². The molecule has 3 rings (SSSR count). The van der Waals surface area contributed by atoms with Crippen LogP contribution in [0.2, 0.25) is 0 Å². The minimum absolute atomic E-state index is 0. The van der Waals surface area contributed by atoms with Crippen molar-refractivity contribution in [3.8, 4) is 0 Å². The maximum atomic E-state index is 12.8. The molecule has 0 amide bonds. The smallest absolute Gasteiger partial charge is 0.299 e. The van der Waals surface area contributed by atoms with Gasteiger partial charge in [-0.25, -0.2) is 0 Å². The van der Waals surface area contributed by atoms with Gasteiger partial charge in [0.25, 0.3) is 0 Å². The summed E-state index contributed by atoms with van der Waals surface area (Å²) >= 11 is 0. The highest BCUT2D eigenvalue weighted by atomic mass is 35.5. The Morgan fingerprint density at radius 1 is 1.12 bits per heavy atom. The lowest BCUT2D eigenvalue weighted by Crippen LogP contribution is -2.30. The van der Waals surface area contributed by atoms with Gasteiger partial charge in [0, 0.05) is 13.1 Å². The molecule has 134 valence electrons. The molecule has 0 spiro atoms. The van der Waals surface area contributed by atoms with Crippen molar-refractivity contribution in [1.82, 2.24) is 4.90 Å². The van der Waals surface area contributed by atoms with E-state index in [2.05, 4.69) is 11.0 Å². The van der Waals surface area contributed by atoms with Crippen LogP contribution < -0.4 is 0 Å². The first-order valence-electron chi connectivity index (χ1n) is 8.61. The molecule has 0 saturated heterocycles. The fourth-order valence-electron chi connectivity index (χ4n) is 3.74. The van der Waals surface area contributed by atoms with Crippen molar-refractivity contribution in [1.29, 1.82) is 0 Å². The molecule has 1 aliphatic carbocycles. The summed E-state index contributed by atoms with van der Waals surface area (Å²) < 4.78 is 38.5. The van der Waals surface area contributed by atoms with E-state index >= 15 is 0 Å². The zero-order valence-corrected chi connectivity index (χ0v) is 14.6. The van der Waals surface area contributed by atoms with Crippen molar-refractivity contribution in [3.63, 3.8) is 0 Å². The van der Waals surface area contributed by atoms with Crippen LogP contribution in [0.15, 0.2) is 30.3 Å². The molecule has 0 radical (unpaired) electrons. The summed E-state index contributed by atoms with van der Waals surface area (Å²) in [5, 5.41) is 0. The Morgan fingerprint density at radius 2 is 1.88 bits per heavy atom. The van der Waals surface area contributed by atoms with Gasteiger partial charge in [0.15, 0.2) is 0 Å². The van der Waals surface area contributed by atoms with Crippen LogP contribution in [0.4, 0.5) is 13.2 Å². The average Bonchev–Trinajstić information content (AvgIpc) is 3.06. The van der Waals surface area contributed by atoms with E-state index in [1.807, 2.05) is 0 Å². The fraction of sp³-hybridized carbons (Fsp3) is 0.579. The normalized spacial score (nSPS) is 19.9. The van der Waals surface area contributed by atoms with Gasteiger partial charge in [0.2, 0.25) is 0 Å². The molecule has 1 nitrogen and oxygen atoms in total. The number of benzene rings is 1. The van der Waals surface area contributed by atoms with Crippen molar-refractivity contribution in [2.75, 3.05) is 19.6 Å². The predicted molar refractivity (Wildman–Crippen MR) is 94.3 cm³/mol. The van der Waals surface area contributed by atoms with E-state index in [1.165, 1.54) is 44.2 Å². The van der Waals surface area contributed by atoms with E-state index in [-0.39, 0.29) is 12.4 Å². The summed E-state index contributed by atoms with van der Waals surface area (Å²) in [6, 6.07) is 5.71. The Bertz CT molecular complexity index is 562. The topological polar surface area (TPSA) is 3.24 Å². The molecule has 1 aromatic carbocycles. The third kappa shape index (κ3) is 5.00. The van der Waals surface area contributed by atoms with Gasteiger partial charge in [0.1, 0.15) is 0 Å². The summed E-state index contributed by atoms with van der Waals surface area (Å²) in [5.41, 5.74) is 1.21. The molecule has 1 aromatic rings. The Morgan fingerprint density at radius 3 is 2.50 bits per heavy atom. The van der Waals surface area contributed by atoms with Crippen LogP contribution >= 0.6 is 12.4 Å². The second-order valence-corrected chi connectivity index (χ2v) is 6.80. The number of rotatable bonds is 4. The number of halogens is 4. The Kier molecular flexibility index (Phi) is 6.76. The van der Waals surface area contributed by atoms with Crippen LogP contribution in [0.1, 0.15) is 49.7 Å². The molecule has 0 aromatic heterocycles. The molecule has 1 heterocycles. The maximum Gasteiger partial charge on any atom is 0.416 e. The molecule has 1 fully saturated rings. The average molecular weight is 360 g/mol. The molecular weight excluding hydrogens is 335 g/mol. The highest BCUT2D eigenvalue weighted by Crippen LogP contribution is 2.32. The quantitative estimate of drug-likeness (QED) is 0.657. The highest BCUT2D eigenvalue weighted by Gasteiger charge is 2.30. The minimum atomic E-state index is -4.27. The lowest BCUT2D eigenvalue weighted by atomic mass is 9.97.